The first-order valence-corrected chi connectivity index (χ1v) is 9.97. The van der Waals surface area contributed by atoms with E-state index in [1.165, 1.54) is 7.11 Å². The molecule has 3 aromatic rings. The van der Waals surface area contributed by atoms with Gasteiger partial charge in [0, 0.05) is 42.4 Å². The van der Waals surface area contributed by atoms with Crippen molar-refractivity contribution in [2.45, 2.75) is 6.92 Å². The van der Waals surface area contributed by atoms with Crippen molar-refractivity contribution in [3.63, 3.8) is 0 Å². The lowest BCUT2D eigenvalue weighted by molar-refractivity contribution is 0.0438. The zero-order chi connectivity index (χ0) is 22.9. The third-order valence-electron chi connectivity index (χ3n) is 4.65. The molecule has 0 aliphatic carbocycles. The predicted molar refractivity (Wildman–Crippen MR) is 121 cm³/mol. The normalized spacial score (nSPS) is 10.7. The topological polar surface area (TPSA) is 82.7 Å². The van der Waals surface area contributed by atoms with Crippen molar-refractivity contribution in [2.24, 2.45) is 0 Å². The second-order valence-electron chi connectivity index (χ2n) is 6.67. The van der Waals surface area contributed by atoms with E-state index < -0.39 is 5.97 Å². The summed E-state index contributed by atoms with van der Waals surface area (Å²) >= 11 is 0. The highest BCUT2D eigenvalue weighted by molar-refractivity contribution is 5.93. The van der Waals surface area contributed by atoms with Crippen molar-refractivity contribution < 1.29 is 23.7 Å². The van der Waals surface area contributed by atoms with Gasteiger partial charge in [-0.2, -0.15) is 5.26 Å². The van der Waals surface area contributed by atoms with Crippen molar-refractivity contribution in [1.82, 2.24) is 4.57 Å². The van der Waals surface area contributed by atoms with Crippen LogP contribution in [0.1, 0.15) is 34.0 Å². The average Bonchev–Trinajstić information content (AvgIpc) is 3.24. The molecule has 0 radical (unpaired) electrons. The molecular formula is C25H24N2O5. The number of methoxy groups -OCH3 is 2. The van der Waals surface area contributed by atoms with Crippen LogP contribution in [0.5, 0.6) is 11.5 Å². The average molecular weight is 432 g/mol. The fourth-order valence-electron chi connectivity index (χ4n) is 3.12. The molecule has 1 heterocycles. The highest BCUT2D eigenvalue weighted by Gasteiger charge is 2.16. The molecule has 0 aliphatic heterocycles. The van der Waals surface area contributed by atoms with Crippen LogP contribution < -0.4 is 9.47 Å². The standard InChI is InChI=1S/C25H24N2O5/c1-4-31-25(28)22-12-11-21(13-24(22)32-17-29-2)27-15-19(20(14-26)16-27)10-9-18-7-5-6-8-23(18)30-3/h5-13,15-16H,4,17H2,1-3H3. The summed E-state index contributed by atoms with van der Waals surface area (Å²) in [6, 6.07) is 15.0. The molecule has 0 saturated carbocycles. The number of nitriles is 1. The zero-order valence-electron chi connectivity index (χ0n) is 18.2. The maximum Gasteiger partial charge on any atom is 0.341 e. The second-order valence-corrected chi connectivity index (χ2v) is 6.67. The lowest BCUT2D eigenvalue weighted by Crippen LogP contribution is -2.10. The Morgan fingerprint density at radius 2 is 1.84 bits per heavy atom. The van der Waals surface area contributed by atoms with Crippen LogP contribution >= 0.6 is 0 Å². The van der Waals surface area contributed by atoms with E-state index in [-0.39, 0.29) is 13.4 Å². The Kier molecular flexibility index (Phi) is 7.68. The first-order valence-electron chi connectivity index (χ1n) is 9.97. The Labute approximate surface area is 187 Å². The molecule has 7 nitrogen and oxygen atoms in total. The molecule has 0 amide bonds. The Morgan fingerprint density at radius 3 is 2.56 bits per heavy atom. The minimum atomic E-state index is -0.476. The third-order valence-corrected chi connectivity index (χ3v) is 4.65. The highest BCUT2D eigenvalue weighted by atomic mass is 16.7. The number of ether oxygens (including phenoxy) is 4. The van der Waals surface area contributed by atoms with E-state index in [2.05, 4.69) is 6.07 Å². The lowest BCUT2D eigenvalue weighted by atomic mass is 10.1. The summed E-state index contributed by atoms with van der Waals surface area (Å²) in [4.78, 5) is 12.2. The van der Waals surface area contributed by atoms with Gasteiger partial charge in [-0.05, 0) is 25.1 Å². The molecule has 0 N–H and O–H groups in total. The van der Waals surface area contributed by atoms with Gasteiger partial charge in [0.05, 0.1) is 19.3 Å². The van der Waals surface area contributed by atoms with Crippen molar-refractivity contribution in [3.8, 4) is 23.3 Å². The van der Waals surface area contributed by atoms with Gasteiger partial charge >= 0.3 is 5.97 Å². The van der Waals surface area contributed by atoms with E-state index >= 15 is 0 Å². The highest BCUT2D eigenvalue weighted by Crippen LogP contribution is 2.26. The van der Waals surface area contributed by atoms with Gasteiger partial charge in [-0.15, -0.1) is 0 Å². The van der Waals surface area contributed by atoms with Gasteiger partial charge in [-0.25, -0.2) is 4.79 Å². The largest absolute Gasteiger partial charge is 0.496 e. The van der Waals surface area contributed by atoms with Crippen LogP contribution in [-0.2, 0) is 9.47 Å². The molecule has 0 atom stereocenters. The van der Waals surface area contributed by atoms with E-state index in [4.69, 9.17) is 18.9 Å². The van der Waals surface area contributed by atoms with E-state index in [9.17, 15) is 10.1 Å². The fraction of sp³-hybridized carbons (Fsp3) is 0.200. The maximum absolute atomic E-state index is 12.2. The molecular weight excluding hydrogens is 408 g/mol. The summed E-state index contributed by atoms with van der Waals surface area (Å²) in [5, 5.41) is 9.60. The molecule has 1 aromatic heterocycles. The van der Waals surface area contributed by atoms with Gasteiger partial charge in [0.25, 0.3) is 0 Å². The van der Waals surface area contributed by atoms with Crippen LogP contribution in [0.2, 0.25) is 0 Å². The van der Waals surface area contributed by atoms with E-state index in [1.807, 2.05) is 42.6 Å². The summed E-state index contributed by atoms with van der Waals surface area (Å²) < 4.78 is 22.8. The molecule has 0 bridgehead atoms. The number of hydrogen-bond donors (Lipinski definition) is 0. The predicted octanol–water partition coefficient (Wildman–Crippen LogP) is 4.69. The van der Waals surface area contributed by atoms with Crippen molar-refractivity contribution in [2.75, 3.05) is 27.6 Å². The van der Waals surface area contributed by atoms with Crippen LogP contribution in [0.4, 0.5) is 0 Å². The third kappa shape index (κ3) is 5.17. The smallest absolute Gasteiger partial charge is 0.341 e. The van der Waals surface area contributed by atoms with Gasteiger partial charge in [-0.1, -0.05) is 30.4 Å². The molecule has 164 valence electrons. The van der Waals surface area contributed by atoms with Crippen molar-refractivity contribution in [1.29, 1.82) is 5.26 Å². The number of carbonyl (C=O) groups is 1. The monoisotopic (exact) mass is 432 g/mol. The first-order chi connectivity index (χ1) is 15.6. The number of nitrogens with zero attached hydrogens (tertiary/aromatic N) is 2. The Hall–Kier alpha value is -4.02. The summed E-state index contributed by atoms with van der Waals surface area (Å²) in [6.07, 6.45) is 7.32. The van der Waals surface area contributed by atoms with Crippen molar-refractivity contribution in [3.05, 3.63) is 77.1 Å². The summed E-state index contributed by atoms with van der Waals surface area (Å²) in [6.45, 7) is 1.98. The minimum absolute atomic E-state index is 0.0160. The van der Waals surface area contributed by atoms with Crippen LogP contribution in [0.15, 0.2) is 54.9 Å². The zero-order valence-corrected chi connectivity index (χ0v) is 18.2. The van der Waals surface area contributed by atoms with Crippen LogP contribution in [0, 0.1) is 11.3 Å². The van der Waals surface area contributed by atoms with Gasteiger partial charge in [0.1, 0.15) is 23.1 Å². The molecule has 0 fully saturated rings. The van der Waals surface area contributed by atoms with Gasteiger partial charge in [0.2, 0.25) is 0 Å². The van der Waals surface area contributed by atoms with E-state index in [0.29, 0.717) is 16.9 Å². The summed E-state index contributed by atoms with van der Waals surface area (Å²) in [7, 11) is 3.12. The molecule has 0 saturated heterocycles. The number of para-hydroxylation sites is 1. The van der Waals surface area contributed by atoms with Crippen LogP contribution in [0.3, 0.4) is 0 Å². The Morgan fingerprint density at radius 1 is 1.06 bits per heavy atom. The first kappa shape index (κ1) is 22.7. The number of esters is 1. The Balaban J connectivity index is 1.96. The van der Waals surface area contributed by atoms with Gasteiger partial charge < -0.3 is 23.5 Å². The number of aromatic nitrogens is 1. The number of benzene rings is 2. The Bertz CT molecular complexity index is 1160. The number of hydrogen-bond acceptors (Lipinski definition) is 6. The lowest BCUT2D eigenvalue weighted by Gasteiger charge is -2.12. The summed E-state index contributed by atoms with van der Waals surface area (Å²) in [5.41, 5.74) is 3.17. The van der Waals surface area contributed by atoms with E-state index in [0.717, 1.165) is 22.6 Å². The van der Waals surface area contributed by atoms with Crippen molar-refractivity contribution >= 4 is 18.1 Å². The van der Waals surface area contributed by atoms with Crippen LogP contribution in [0.25, 0.3) is 17.8 Å². The minimum Gasteiger partial charge on any atom is -0.496 e. The molecule has 0 unspecified atom stereocenters. The molecule has 0 spiro atoms. The number of carbonyl (C=O) groups excluding carboxylic acids is 1. The summed E-state index contributed by atoms with van der Waals surface area (Å²) in [5.74, 6) is 0.605. The molecule has 7 heteroatoms. The maximum atomic E-state index is 12.2. The fourth-order valence-corrected chi connectivity index (χ4v) is 3.12. The SMILES string of the molecule is CCOC(=O)c1ccc(-n2cc(C#N)c(C=Cc3ccccc3OC)c2)cc1OCOC. The van der Waals surface area contributed by atoms with E-state index in [1.54, 1.807) is 43.0 Å². The molecule has 32 heavy (non-hydrogen) atoms. The molecule has 0 aliphatic rings. The molecule has 3 rings (SSSR count). The van der Waals surface area contributed by atoms with Crippen LogP contribution in [-0.4, -0.2) is 38.2 Å². The molecule has 2 aromatic carbocycles. The van der Waals surface area contributed by atoms with Gasteiger partial charge in [0.15, 0.2) is 6.79 Å². The second kappa shape index (κ2) is 10.8. The number of rotatable bonds is 9. The quantitative estimate of drug-likeness (QED) is 0.360. The van der Waals surface area contributed by atoms with Gasteiger partial charge in [-0.3, -0.25) is 0 Å².